The minimum atomic E-state index is -2.73. The van der Waals surface area contributed by atoms with Crippen molar-refractivity contribution in [2.24, 2.45) is 0 Å². The topological polar surface area (TPSA) is 41.1 Å². The molecule has 0 saturated carbocycles. The minimum Gasteiger partial charge on any atom is -0.358 e. The van der Waals surface area contributed by atoms with Crippen molar-refractivity contribution in [3.63, 3.8) is 0 Å². The molecule has 1 heterocycles. The lowest BCUT2D eigenvalue weighted by molar-refractivity contribution is -0.122. The summed E-state index contributed by atoms with van der Waals surface area (Å²) in [6, 6.07) is -0.727. The van der Waals surface area contributed by atoms with Crippen molar-refractivity contribution < 1.29 is 13.6 Å². The Bertz CT molecular complexity index is 177. The summed E-state index contributed by atoms with van der Waals surface area (Å²) in [6.45, 7) is -0.398. The van der Waals surface area contributed by atoms with Crippen molar-refractivity contribution in [3.05, 3.63) is 0 Å². The van der Waals surface area contributed by atoms with E-state index in [2.05, 4.69) is 10.6 Å². The summed E-state index contributed by atoms with van der Waals surface area (Å²) in [5.41, 5.74) is 0. The maximum absolute atomic E-state index is 12.4. The second-order valence-corrected chi connectivity index (χ2v) is 2.61. The number of amides is 1. The van der Waals surface area contributed by atoms with Crippen molar-refractivity contribution in [2.45, 2.75) is 18.4 Å². The number of carbonyl (C=O) groups excluding carboxylic acids is 1. The van der Waals surface area contributed by atoms with E-state index in [4.69, 9.17) is 0 Å². The molecule has 1 aliphatic heterocycles. The SMILES string of the molecule is CNC(=O)[C@H]1CC(F)(F)CN1.Cl. The molecule has 0 aromatic rings. The highest BCUT2D eigenvalue weighted by atomic mass is 35.5. The van der Waals surface area contributed by atoms with Crippen molar-refractivity contribution in [1.29, 1.82) is 0 Å². The molecule has 0 aromatic carbocycles. The van der Waals surface area contributed by atoms with E-state index in [1.165, 1.54) is 7.05 Å². The summed E-state index contributed by atoms with van der Waals surface area (Å²) < 4.78 is 24.9. The third-order valence-corrected chi connectivity index (χ3v) is 1.67. The summed E-state index contributed by atoms with van der Waals surface area (Å²) in [5, 5.41) is 4.75. The number of likely N-dealkylation sites (N-methyl/N-ethyl adjacent to an activating group) is 1. The van der Waals surface area contributed by atoms with Gasteiger partial charge in [0.1, 0.15) is 0 Å². The Morgan fingerprint density at radius 1 is 1.67 bits per heavy atom. The average molecular weight is 201 g/mol. The van der Waals surface area contributed by atoms with E-state index in [0.29, 0.717) is 0 Å². The Kier molecular flexibility index (Phi) is 3.86. The monoisotopic (exact) mass is 200 g/mol. The first-order valence-electron chi connectivity index (χ1n) is 3.38. The molecule has 1 saturated heterocycles. The van der Waals surface area contributed by atoms with Crippen LogP contribution in [0.1, 0.15) is 6.42 Å². The minimum absolute atomic E-state index is 0. The zero-order chi connectivity index (χ0) is 8.48. The van der Waals surface area contributed by atoms with Crippen LogP contribution < -0.4 is 10.6 Å². The van der Waals surface area contributed by atoms with Crippen LogP contribution in [-0.4, -0.2) is 31.5 Å². The fourth-order valence-electron chi connectivity index (χ4n) is 1.08. The van der Waals surface area contributed by atoms with Crippen LogP contribution in [0.3, 0.4) is 0 Å². The Hall–Kier alpha value is -0.420. The number of halogens is 3. The number of rotatable bonds is 1. The maximum atomic E-state index is 12.4. The molecular weight excluding hydrogens is 190 g/mol. The van der Waals surface area contributed by atoms with Crippen molar-refractivity contribution >= 4 is 18.3 Å². The third-order valence-electron chi connectivity index (χ3n) is 1.67. The fourth-order valence-corrected chi connectivity index (χ4v) is 1.08. The van der Waals surface area contributed by atoms with Gasteiger partial charge in [0.2, 0.25) is 5.91 Å². The summed E-state index contributed by atoms with van der Waals surface area (Å²) >= 11 is 0. The second-order valence-electron chi connectivity index (χ2n) is 2.61. The van der Waals surface area contributed by atoms with E-state index >= 15 is 0 Å². The molecular formula is C6H11ClF2N2O. The molecule has 72 valence electrons. The van der Waals surface area contributed by atoms with E-state index in [9.17, 15) is 13.6 Å². The molecule has 0 bridgehead atoms. The molecule has 1 aliphatic rings. The predicted molar refractivity (Wildman–Crippen MR) is 42.7 cm³/mol. The van der Waals surface area contributed by atoms with Gasteiger partial charge in [0.15, 0.2) is 0 Å². The van der Waals surface area contributed by atoms with Gasteiger partial charge >= 0.3 is 0 Å². The Morgan fingerprint density at radius 3 is 2.58 bits per heavy atom. The van der Waals surface area contributed by atoms with E-state index < -0.39 is 24.9 Å². The molecule has 12 heavy (non-hydrogen) atoms. The van der Waals surface area contributed by atoms with Gasteiger partial charge < -0.3 is 5.32 Å². The van der Waals surface area contributed by atoms with E-state index in [1.54, 1.807) is 0 Å². The number of hydrogen-bond acceptors (Lipinski definition) is 2. The van der Waals surface area contributed by atoms with E-state index in [-0.39, 0.29) is 18.3 Å². The number of carbonyl (C=O) groups is 1. The van der Waals surface area contributed by atoms with Gasteiger partial charge in [-0.05, 0) is 0 Å². The van der Waals surface area contributed by atoms with Crippen LogP contribution in [0.25, 0.3) is 0 Å². The highest BCUT2D eigenvalue weighted by Gasteiger charge is 2.41. The summed E-state index contributed by atoms with van der Waals surface area (Å²) in [7, 11) is 1.43. The first kappa shape index (κ1) is 11.6. The highest BCUT2D eigenvalue weighted by Crippen LogP contribution is 2.24. The fraction of sp³-hybridized carbons (Fsp3) is 0.833. The van der Waals surface area contributed by atoms with Crippen LogP contribution in [0, 0.1) is 0 Å². The molecule has 1 atom stereocenters. The number of hydrogen-bond donors (Lipinski definition) is 2. The van der Waals surface area contributed by atoms with Gasteiger partial charge in [0.25, 0.3) is 5.92 Å². The van der Waals surface area contributed by atoms with Crippen LogP contribution in [-0.2, 0) is 4.79 Å². The molecule has 2 N–H and O–H groups in total. The van der Waals surface area contributed by atoms with Crippen LogP contribution in [0.5, 0.6) is 0 Å². The molecule has 0 radical (unpaired) electrons. The smallest absolute Gasteiger partial charge is 0.262 e. The van der Waals surface area contributed by atoms with Gasteiger partial charge in [-0.15, -0.1) is 12.4 Å². The van der Waals surface area contributed by atoms with Crippen molar-refractivity contribution in [3.8, 4) is 0 Å². The number of alkyl halides is 2. The first-order valence-corrected chi connectivity index (χ1v) is 3.38. The summed E-state index contributed by atoms with van der Waals surface area (Å²) in [4.78, 5) is 10.8. The van der Waals surface area contributed by atoms with Gasteiger partial charge in [-0.1, -0.05) is 0 Å². The zero-order valence-corrected chi connectivity index (χ0v) is 7.38. The van der Waals surface area contributed by atoms with Gasteiger partial charge in [-0.25, -0.2) is 8.78 Å². The molecule has 1 amide bonds. The maximum Gasteiger partial charge on any atom is 0.262 e. The van der Waals surface area contributed by atoms with Gasteiger partial charge in [0, 0.05) is 13.5 Å². The second kappa shape index (κ2) is 4.00. The quantitative estimate of drug-likeness (QED) is 0.633. The van der Waals surface area contributed by atoms with Gasteiger partial charge in [-0.3, -0.25) is 10.1 Å². The molecule has 0 aliphatic carbocycles. The largest absolute Gasteiger partial charge is 0.358 e. The van der Waals surface area contributed by atoms with Crippen LogP contribution in [0.4, 0.5) is 8.78 Å². The Balaban J connectivity index is 0.00000121. The molecule has 0 spiro atoms. The van der Waals surface area contributed by atoms with Crippen LogP contribution in [0.15, 0.2) is 0 Å². The van der Waals surface area contributed by atoms with Crippen LogP contribution in [0.2, 0.25) is 0 Å². The molecule has 6 heteroatoms. The standard InChI is InChI=1S/C6H10F2N2O.ClH/c1-9-5(11)4-2-6(7,8)3-10-4;/h4,10H,2-3H2,1H3,(H,9,11);1H/t4-;/m1./s1. The lowest BCUT2D eigenvalue weighted by Crippen LogP contribution is -2.38. The highest BCUT2D eigenvalue weighted by molar-refractivity contribution is 5.85. The van der Waals surface area contributed by atoms with Gasteiger partial charge in [-0.2, -0.15) is 0 Å². The molecule has 0 aromatic heterocycles. The van der Waals surface area contributed by atoms with E-state index in [1.807, 2.05) is 0 Å². The van der Waals surface area contributed by atoms with Gasteiger partial charge in [0.05, 0.1) is 12.6 Å². The molecule has 3 nitrogen and oxygen atoms in total. The first-order chi connectivity index (χ1) is 5.05. The average Bonchev–Trinajstić information content (AvgIpc) is 2.29. The molecule has 1 fully saturated rings. The Morgan fingerprint density at radius 2 is 2.25 bits per heavy atom. The summed E-state index contributed by atoms with van der Waals surface area (Å²) in [6.07, 6.45) is -0.396. The molecule has 1 rings (SSSR count). The van der Waals surface area contributed by atoms with Crippen molar-refractivity contribution in [1.82, 2.24) is 10.6 Å². The molecule has 0 unspecified atom stereocenters. The zero-order valence-electron chi connectivity index (χ0n) is 6.56. The lowest BCUT2D eigenvalue weighted by atomic mass is 10.2. The third kappa shape index (κ3) is 2.57. The van der Waals surface area contributed by atoms with E-state index in [0.717, 1.165) is 0 Å². The normalized spacial score (nSPS) is 26.1. The predicted octanol–water partition coefficient (Wildman–Crippen LogP) is 0.151. The Labute approximate surface area is 75.3 Å². The van der Waals surface area contributed by atoms with Crippen LogP contribution >= 0.6 is 12.4 Å². The summed E-state index contributed by atoms with van der Waals surface area (Å²) in [5.74, 6) is -3.10. The lowest BCUT2D eigenvalue weighted by Gasteiger charge is -2.07. The van der Waals surface area contributed by atoms with Crippen molar-refractivity contribution in [2.75, 3.05) is 13.6 Å². The number of nitrogens with one attached hydrogen (secondary N) is 2.